The molecule has 0 saturated heterocycles. The van der Waals surface area contributed by atoms with Gasteiger partial charge in [0.05, 0.1) is 6.61 Å². The molecule has 2 atom stereocenters. The highest BCUT2D eigenvalue weighted by Gasteiger charge is 2.37. The summed E-state index contributed by atoms with van der Waals surface area (Å²) >= 11 is 0. The number of hydrogen-bond donors (Lipinski definition) is 2. The molecule has 0 unspecified atom stereocenters. The molecule has 6 rings (SSSR count). The van der Waals surface area contributed by atoms with Gasteiger partial charge in [0, 0.05) is 32.2 Å². The standard InChI is InChI=1S/C44H50N2O6/c1-44(2,3)35-16-21-37(22-17-35)52-38-20-15-33-28-40(46(29-34(33)27-38)41(47)26-31-11-7-8-12-31)42(48)45-39(43(49)50)25-32-13-18-36(19-14-32)51-24-23-30-9-5-4-6-10-30/h4-6,9-10,13-22,27,31,39-40H,7-8,11-12,23-26,28-29H2,1-3H3,(H,45,48)(H,49,50)/t39-,40-/m0/s1. The number of nitrogens with zero attached hydrogens (tertiary/aromatic N) is 1. The van der Waals surface area contributed by atoms with Gasteiger partial charge in [0.2, 0.25) is 11.8 Å². The first kappa shape index (κ1) is 36.7. The van der Waals surface area contributed by atoms with Crippen LogP contribution in [0, 0.1) is 5.92 Å². The predicted octanol–water partition coefficient (Wildman–Crippen LogP) is 8.04. The number of nitrogens with one attached hydrogen (secondary N) is 1. The number of aliphatic carboxylic acids is 1. The van der Waals surface area contributed by atoms with E-state index in [0.29, 0.717) is 36.9 Å². The lowest BCUT2D eigenvalue weighted by Crippen LogP contribution is -2.56. The van der Waals surface area contributed by atoms with E-state index in [9.17, 15) is 19.5 Å². The number of ether oxygens (including phenoxy) is 2. The fourth-order valence-electron chi connectivity index (χ4n) is 7.22. The van der Waals surface area contributed by atoms with E-state index in [0.717, 1.165) is 54.5 Å². The van der Waals surface area contributed by atoms with Crippen LogP contribution in [0.15, 0.2) is 97.1 Å². The highest BCUT2D eigenvalue weighted by molar-refractivity contribution is 5.91. The lowest BCUT2D eigenvalue weighted by atomic mass is 9.87. The van der Waals surface area contributed by atoms with Crippen LogP contribution in [0.25, 0.3) is 0 Å². The zero-order valence-corrected chi connectivity index (χ0v) is 30.5. The first-order valence-corrected chi connectivity index (χ1v) is 18.5. The van der Waals surface area contributed by atoms with E-state index >= 15 is 0 Å². The van der Waals surface area contributed by atoms with Gasteiger partial charge in [-0.15, -0.1) is 0 Å². The molecule has 2 amide bonds. The van der Waals surface area contributed by atoms with Gasteiger partial charge in [-0.05, 0) is 88.4 Å². The monoisotopic (exact) mass is 702 g/mol. The predicted molar refractivity (Wildman–Crippen MR) is 202 cm³/mol. The summed E-state index contributed by atoms with van der Waals surface area (Å²) in [6, 6.07) is 29.3. The van der Waals surface area contributed by atoms with Gasteiger partial charge in [-0.1, -0.05) is 94.3 Å². The van der Waals surface area contributed by atoms with Crippen LogP contribution in [0.2, 0.25) is 0 Å². The molecule has 8 nitrogen and oxygen atoms in total. The van der Waals surface area contributed by atoms with Gasteiger partial charge in [0.25, 0.3) is 0 Å². The molecule has 52 heavy (non-hydrogen) atoms. The van der Waals surface area contributed by atoms with Crippen molar-refractivity contribution in [2.45, 2.75) is 96.2 Å². The molecular weight excluding hydrogens is 652 g/mol. The molecule has 0 radical (unpaired) electrons. The molecule has 0 spiro atoms. The topological polar surface area (TPSA) is 105 Å². The van der Waals surface area contributed by atoms with E-state index in [1.165, 1.54) is 11.1 Å². The molecular formula is C44H50N2O6. The van der Waals surface area contributed by atoms with E-state index in [2.05, 4.69) is 50.4 Å². The summed E-state index contributed by atoms with van der Waals surface area (Å²) in [6.07, 6.45) is 5.81. The van der Waals surface area contributed by atoms with Gasteiger partial charge in [-0.25, -0.2) is 4.79 Å². The molecule has 0 bridgehead atoms. The molecule has 2 aliphatic rings. The normalized spacial score (nSPS) is 16.5. The third-order valence-corrected chi connectivity index (χ3v) is 10.3. The Morgan fingerprint density at radius 1 is 0.827 bits per heavy atom. The van der Waals surface area contributed by atoms with Crippen molar-refractivity contribution in [1.29, 1.82) is 0 Å². The lowest BCUT2D eigenvalue weighted by Gasteiger charge is -2.37. The number of carbonyl (C=O) groups is 3. The van der Waals surface area contributed by atoms with Crippen molar-refractivity contribution in [3.63, 3.8) is 0 Å². The van der Waals surface area contributed by atoms with Crippen LogP contribution < -0.4 is 14.8 Å². The largest absolute Gasteiger partial charge is 0.493 e. The second kappa shape index (κ2) is 16.5. The van der Waals surface area contributed by atoms with Gasteiger partial charge in [0.15, 0.2) is 0 Å². The summed E-state index contributed by atoms with van der Waals surface area (Å²) in [5.41, 5.74) is 5.07. The molecule has 1 heterocycles. The van der Waals surface area contributed by atoms with Crippen molar-refractivity contribution in [2.24, 2.45) is 5.92 Å². The number of amides is 2. The quantitative estimate of drug-likeness (QED) is 0.146. The third kappa shape index (κ3) is 9.60. The Balaban J connectivity index is 1.13. The van der Waals surface area contributed by atoms with Crippen molar-refractivity contribution in [3.8, 4) is 17.2 Å². The zero-order valence-electron chi connectivity index (χ0n) is 30.5. The summed E-state index contributed by atoms with van der Waals surface area (Å²) < 4.78 is 12.1. The van der Waals surface area contributed by atoms with Crippen LogP contribution in [0.4, 0.5) is 0 Å². The molecule has 2 N–H and O–H groups in total. The number of hydrogen-bond acceptors (Lipinski definition) is 5. The molecule has 272 valence electrons. The zero-order chi connectivity index (χ0) is 36.7. The maximum atomic E-state index is 13.9. The van der Waals surface area contributed by atoms with Crippen molar-refractivity contribution in [1.82, 2.24) is 10.2 Å². The molecule has 1 saturated carbocycles. The number of carboxylic acids is 1. The Morgan fingerprint density at radius 3 is 2.17 bits per heavy atom. The summed E-state index contributed by atoms with van der Waals surface area (Å²) in [5, 5.41) is 12.9. The average molecular weight is 703 g/mol. The Labute approximate surface area is 307 Å². The molecule has 4 aromatic carbocycles. The molecule has 0 aromatic heterocycles. The number of fused-ring (bicyclic) bond motifs is 1. The minimum atomic E-state index is -1.16. The smallest absolute Gasteiger partial charge is 0.326 e. The molecule has 8 heteroatoms. The van der Waals surface area contributed by atoms with Gasteiger partial charge in [-0.3, -0.25) is 9.59 Å². The number of benzene rings is 4. The minimum Gasteiger partial charge on any atom is -0.493 e. The molecule has 4 aromatic rings. The van der Waals surface area contributed by atoms with Crippen LogP contribution >= 0.6 is 0 Å². The SMILES string of the molecule is CC(C)(C)c1ccc(Oc2ccc3c(c2)CN(C(=O)CC2CCCC2)[C@H](C(=O)N[C@@H](Cc2ccc(OCCc4ccccc4)cc2)C(=O)O)C3)cc1. The lowest BCUT2D eigenvalue weighted by molar-refractivity contribution is -0.145. The van der Waals surface area contributed by atoms with E-state index in [1.807, 2.05) is 72.8 Å². The number of carboxylic acid groups (broad SMARTS) is 1. The van der Waals surface area contributed by atoms with Crippen LogP contribution in [0.3, 0.4) is 0 Å². The molecule has 1 fully saturated rings. The summed E-state index contributed by atoms with van der Waals surface area (Å²) in [4.78, 5) is 41.9. The first-order chi connectivity index (χ1) is 25.0. The van der Waals surface area contributed by atoms with E-state index < -0.39 is 24.0 Å². The second-order valence-electron chi connectivity index (χ2n) is 15.2. The summed E-state index contributed by atoms with van der Waals surface area (Å²) in [6.45, 7) is 7.29. The Morgan fingerprint density at radius 2 is 1.50 bits per heavy atom. The first-order valence-electron chi connectivity index (χ1n) is 18.5. The Kier molecular flexibility index (Phi) is 11.6. The Bertz CT molecular complexity index is 1830. The van der Waals surface area contributed by atoms with Crippen molar-refractivity contribution < 1.29 is 29.0 Å². The molecule has 1 aliphatic heterocycles. The second-order valence-corrected chi connectivity index (χ2v) is 15.2. The van der Waals surface area contributed by atoms with E-state index in [4.69, 9.17) is 9.47 Å². The van der Waals surface area contributed by atoms with Crippen LogP contribution in [-0.4, -0.2) is 46.5 Å². The van der Waals surface area contributed by atoms with Gasteiger partial charge < -0.3 is 24.8 Å². The third-order valence-electron chi connectivity index (χ3n) is 10.3. The highest BCUT2D eigenvalue weighted by Crippen LogP contribution is 2.33. The number of carbonyl (C=O) groups excluding carboxylic acids is 2. The van der Waals surface area contributed by atoms with Gasteiger partial charge in [0.1, 0.15) is 29.3 Å². The summed E-state index contributed by atoms with van der Waals surface area (Å²) in [5.74, 6) is 0.718. The molecule has 1 aliphatic carbocycles. The van der Waals surface area contributed by atoms with Crippen LogP contribution in [-0.2, 0) is 45.6 Å². The fourth-order valence-corrected chi connectivity index (χ4v) is 7.22. The maximum Gasteiger partial charge on any atom is 0.326 e. The highest BCUT2D eigenvalue weighted by atomic mass is 16.5. The number of rotatable bonds is 13. The van der Waals surface area contributed by atoms with Crippen molar-refractivity contribution in [2.75, 3.05) is 6.61 Å². The minimum absolute atomic E-state index is 0.0377. The average Bonchev–Trinajstić information content (AvgIpc) is 3.65. The van der Waals surface area contributed by atoms with Crippen molar-refractivity contribution >= 4 is 17.8 Å². The van der Waals surface area contributed by atoms with E-state index in [-0.39, 0.29) is 24.3 Å². The van der Waals surface area contributed by atoms with Crippen LogP contribution in [0.1, 0.15) is 80.7 Å². The fraction of sp³-hybridized carbons (Fsp3) is 0.386. The maximum absolute atomic E-state index is 13.9. The van der Waals surface area contributed by atoms with Crippen LogP contribution in [0.5, 0.6) is 17.2 Å². The Hall–Kier alpha value is -5.11. The van der Waals surface area contributed by atoms with E-state index in [1.54, 1.807) is 4.90 Å². The van der Waals surface area contributed by atoms with Gasteiger partial charge in [-0.2, -0.15) is 0 Å². The van der Waals surface area contributed by atoms with Crippen molar-refractivity contribution in [3.05, 3.63) is 125 Å². The summed E-state index contributed by atoms with van der Waals surface area (Å²) in [7, 11) is 0. The van der Waals surface area contributed by atoms with Gasteiger partial charge >= 0.3 is 5.97 Å².